The summed E-state index contributed by atoms with van der Waals surface area (Å²) in [6.45, 7) is 1.52. The first-order chi connectivity index (χ1) is 8.66. The van der Waals surface area contributed by atoms with Crippen molar-refractivity contribution in [1.82, 2.24) is 15.1 Å². The molecule has 0 atom stereocenters. The average molecular weight is 310 g/mol. The number of hydrogen-bond acceptors (Lipinski definition) is 3. The van der Waals surface area contributed by atoms with Crippen molar-refractivity contribution in [2.75, 3.05) is 6.54 Å². The molecule has 0 saturated carbocycles. The van der Waals surface area contributed by atoms with Gasteiger partial charge in [0, 0.05) is 25.4 Å². The maximum Gasteiger partial charge on any atom is 0.134 e. The molecule has 0 amide bonds. The van der Waals surface area contributed by atoms with E-state index in [0.717, 1.165) is 23.0 Å². The number of benzene rings is 1. The van der Waals surface area contributed by atoms with Crippen LogP contribution in [0.3, 0.4) is 0 Å². The molecule has 0 aliphatic rings. The van der Waals surface area contributed by atoms with Gasteiger partial charge in [-0.3, -0.25) is 4.68 Å². The van der Waals surface area contributed by atoms with Gasteiger partial charge in [-0.15, -0.1) is 0 Å². The molecule has 0 unspecified atom stereocenters. The van der Waals surface area contributed by atoms with Crippen LogP contribution in [0.15, 0.2) is 35.1 Å². The Morgan fingerprint density at radius 2 is 2.28 bits per heavy atom. The summed E-state index contributed by atoms with van der Waals surface area (Å²) in [5.41, 5.74) is 2.11. The molecule has 2 N–H and O–H groups in total. The number of phenolic OH excluding ortho intramolecular Hbond substituents is 1. The van der Waals surface area contributed by atoms with Crippen molar-refractivity contribution in [1.29, 1.82) is 0 Å². The minimum absolute atomic E-state index is 0.311. The quantitative estimate of drug-likeness (QED) is 0.833. The lowest BCUT2D eigenvalue weighted by atomic mass is 10.2. The summed E-state index contributed by atoms with van der Waals surface area (Å²) in [7, 11) is 1.91. The van der Waals surface area contributed by atoms with E-state index in [1.807, 2.05) is 37.6 Å². The van der Waals surface area contributed by atoms with E-state index in [0.29, 0.717) is 12.3 Å². The molecule has 0 aliphatic heterocycles. The lowest BCUT2D eigenvalue weighted by Crippen LogP contribution is -2.16. The Labute approximate surface area is 115 Å². The third-order valence-corrected chi connectivity index (χ3v) is 3.37. The number of hydrogen-bond donors (Lipinski definition) is 2. The summed E-state index contributed by atoms with van der Waals surface area (Å²) >= 11 is 3.31. The van der Waals surface area contributed by atoms with Crippen LogP contribution in [0.5, 0.6) is 5.75 Å². The van der Waals surface area contributed by atoms with Crippen molar-refractivity contribution in [3.05, 3.63) is 46.2 Å². The number of aromatic hydroxyl groups is 1. The van der Waals surface area contributed by atoms with E-state index < -0.39 is 0 Å². The molecule has 1 heterocycles. The summed E-state index contributed by atoms with van der Waals surface area (Å²) in [6, 6.07) is 5.66. The molecule has 0 radical (unpaired) electrons. The van der Waals surface area contributed by atoms with Gasteiger partial charge in [-0.05, 0) is 40.5 Å². The number of nitrogens with one attached hydrogen (secondary N) is 1. The molecule has 1 aromatic heterocycles. The fraction of sp³-hybridized carbons (Fsp3) is 0.308. The zero-order valence-electron chi connectivity index (χ0n) is 10.2. The van der Waals surface area contributed by atoms with Gasteiger partial charge in [0.15, 0.2) is 0 Å². The first-order valence-electron chi connectivity index (χ1n) is 5.81. The number of aromatic nitrogens is 2. The Morgan fingerprint density at radius 3 is 3.00 bits per heavy atom. The van der Waals surface area contributed by atoms with Crippen molar-refractivity contribution in [3.8, 4) is 5.75 Å². The lowest BCUT2D eigenvalue weighted by Gasteiger charge is -2.07. The summed E-state index contributed by atoms with van der Waals surface area (Å²) in [5.74, 6) is 0.311. The van der Waals surface area contributed by atoms with Gasteiger partial charge in [-0.25, -0.2) is 0 Å². The molecule has 2 rings (SSSR count). The van der Waals surface area contributed by atoms with Crippen LogP contribution >= 0.6 is 15.9 Å². The van der Waals surface area contributed by atoms with Crippen molar-refractivity contribution >= 4 is 15.9 Å². The number of halogens is 1. The summed E-state index contributed by atoms with van der Waals surface area (Å²) in [5, 5.41) is 17.2. The first kappa shape index (κ1) is 13.1. The zero-order valence-corrected chi connectivity index (χ0v) is 11.8. The smallest absolute Gasteiger partial charge is 0.134 e. The zero-order chi connectivity index (χ0) is 13.0. The van der Waals surface area contributed by atoms with Crippen LogP contribution in [0.25, 0.3) is 0 Å². The number of nitrogens with zero attached hydrogens (tertiary/aromatic N) is 2. The fourth-order valence-corrected chi connectivity index (χ4v) is 2.17. The molecular formula is C13H16BrN3O. The van der Waals surface area contributed by atoms with Gasteiger partial charge >= 0.3 is 0 Å². The van der Waals surface area contributed by atoms with E-state index in [-0.39, 0.29) is 0 Å². The van der Waals surface area contributed by atoms with E-state index in [1.165, 1.54) is 5.56 Å². The molecule has 0 fully saturated rings. The van der Waals surface area contributed by atoms with Gasteiger partial charge in [-0.2, -0.15) is 5.10 Å². The van der Waals surface area contributed by atoms with Crippen molar-refractivity contribution < 1.29 is 5.11 Å². The minimum atomic E-state index is 0.311. The van der Waals surface area contributed by atoms with Gasteiger partial charge in [0.05, 0.1) is 10.7 Å². The van der Waals surface area contributed by atoms with Crippen LogP contribution in [0, 0.1) is 0 Å². The Kier molecular flexibility index (Phi) is 4.38. The maximum atomic E-state index is 9.82. The Balaban J connectivity index is 1.80. The molecule has 1 aromatic carbocycles. The summed E-state index contributed by atoms with van der Waals surface area (Å²) < 4.78 is 2.53. The van der Waals surface area contributed by atoms with Crippen LogP contribution in [0.2, 0.25) is 0 Å². The predicted octanol–water partition coefficient (Wildman–Crippen LogP) is 2.22. The fourth-order valence-electron chi connectivity index (χ4n) is 1.76. The highest BCUT2D eigenvalue weighted by molar-refractivity contribution is 9.10. The molecule has 0 aliphatic carbocycles. The molecule has 4 nitrogen and oxygen atoms in total. The topological polar surface area (TPSA) is 50.1 Å². The largest absolute Gasteiger partial charge is 0.506 e. The Morgan fingerprint density at radius 1 is 1.44 bits per heavy atom. The predicted molar refractivity (Wildman–Crippen MR) is 74.4 cm³/mol. The molecule has 0 bridgehead atoms. The second-order valence-electron chi connectivity index (χ2n) is 4.20. The molecule has 5 heteroatoms. The average Bonchev–Trinajstić information content (AvgIpc) is 2.76. The molecule has 96 valence electrons. The number of rotatable bonds is 5. The van der Waals surface area contributed by atoms with Gasteiger partial charge < -0.3 is 10.4 Å². The van der Waals surface area contributed by atoms with Crippen molar-refractivity contribution in [2.24, 2.45) is 7.05 Å². The molecule has 18 heavy (non-hydrogen) atoms. The van der Waals surface area contributed by atoms with E-state index in [1.54, 1.807) is 4.68 Å². The number of phenols is 1. The molecule has 0 saturated heterocycles. The lowest BCUT2D eigenvalue weighted by molar-refractivity contribution is 0.461. The number of para-hydroxylation sites is 1. The first-order valence-corrected chi connectivity index (χ1v) is 6.60. The minimum Gasteiger partial charge on any atom is -0.506 e. The Hall–Kier alpha value is -1.33. The second-order valence-corrected chi connectivity index (χ2v) is 5.05. The SMILES string of the molecule is Cn1cc(CCNCc2cccc(Br)c2O)cn1. The monoisotopic (exact) mass is 309 g/mol. The Bertz CT molecular complexity index is 525. The van der Waals surface area contributed by atoms with E-state index in [4.69, 9.17) is 0 Å². The van der Waals surface area contributed by atoms with Gasteiger partial charge in [0.25, 0.3) is 0 Å². The van der Waals surface area contributed by atoms with Crippen molar-refractivity contribution in [3.63, 3.8) is 0 Å². The summed E-state index contributed by atoms with van der Waals surface area (Å²) in [4.78, 5) is 0. The van der Waals surface area contributed by atoms with Crippen LogP contribution in [-0.2, 0) is 20.0 Å². The highest BCUT2D eigenvalue weighted by Crippen LogP contribution is 2.27. The standard InChI is InChI=1S/C13H16BrN3O/c1-17-9-10(7-16-17)5-6-15-8-11-3-2-4-12(14)13(11)18/h2-4,7,9,15,18H,5-6,8H2,1H3. The van der Waals surface area contributed by atoms with Gasteiger partial charge in [0.2, 0.25) is 0 Å². The normalized spacial score (nSPS) is 10.8. The molecule has 0 spiro atoms. The van der Waals surface area contributed by atoms with Crippen molar-refractivity contribution in [2.45, 2.75) is 13.0 Å². The maximum absolute atomic E-state index is 9.82. The van der Waals surface area contributed by atoms with Crippen LogP contribution in [0.4, 0.5) is 0 Å². The van der Waals surface area contributed by atoms with Crippen LogP contribution in [-0.4, -0.2) is 21.4 Å². The van der Waals surface area contributed by atoms with E-state index in [2.05, 4.69) is 26.3 Å². The second kappa shape index (κ2) is 6.02. The number of aryl methyl sites for hydroxylation is 1. The van der Waals surface area contributed by atoms with Gasteiger partial charge in [0.1, 0.15) is 5.75 Å². The van der Waals surface area contributed by atoms with Crippen LogP contribution in [0.1, 0.15) is 11.1 Å². The van der Waals surface area contributed by atoms with Crippen LogP contribution < -0.4 is 5.32 Å². The molecular weight excluding hydrogens is 294 g/mol. The molecule has 2 aromatic rings. The van der Waals surface area contributed by atoms with E-state index in [9.17, 15) is 5.11 Å². The van der Waals surface area contributed by atoms with Gasteiger partial charge in [-0.1, -0.05) is 12.1 Å². The third kappa shape index (κ3) is 3.34. The third-order valence-electron chi connectivity index (χ3n) is 2.73. The highest BCUT2D eigenvalue weighted by atomic mass is 79.9. The summed E-state index contributed by atoms with van der Waals surface area (Å²) in [6.07, 6.45) is 4.82. The highest BCUT2D eigenvalue weighted by Gasteiger charge is 2.04. The van der Waals surface area contributed by atoms with E-state index >= 15 is 0 Å².